The van der Waals surface area contributed by atoms with E-state index >= 15 is 0 Å². The first-order valence-electron chi connectivity index (χ1n) is 9.80. The molecular weight excluding hydrogens is 366 g/mol. The van der Waals surface area contributed by atoms with Gasteiger partial charge in [-0.05, 0) is 57.1 Å². The minimum Gasteiger partial charge on any atom is -0.338 e. The van der Waals surface area contributed by atoms with E-state index in [0.717, 1.165) is 32.1 Å². The van der Waals surface area contributed by atoms with Crippen LogP contribution < -0.4 is 5.56 Å². The molecular formula is C19H29N3O4S. The maximum absolute atomic E-state index is 12.9. The number of sulfonamides is 1. The lowest BCUT2D eigenvalue weighted by Crippen LogP contribution is -2.45. The van der Waals surface area contributed by atoms with Gasteiger partial charge in [-0.3, -0.25) is 9.59 Å². The quantitative estimate of drug-likeness (QED) is 0.777. The monoisotopic (exact) mass is 395 g/mol. The normalized spacial score (nSPS) is 22.7. The van der Waals surface area contributed by atoms with Crippen LogP contribution in [0.5, 0.6) is 0 Å². The van der Waals surface area contributed by atoms with Crippen LogP contribution in [-0.2, 0) is 21.4 Å². The lowest BCUT2D eigenvalue weighted by Gasteiger charge is -2.33. The van der Waals surface area contributed by atoms with E-state index in [1.165, 1.54) is 27.2 Å². The van der Waals surface area contributed by atoms with Gasteiger partial charge >= 0.3 is 0 Å². The van der Waals surface area contributed by atoms with Gasteiger partial charge in [-0.1, -0.05) is 6.92 Å². The minimum atomic E-state index is -3.83. The number of hydrogen-bond donors (Lipinski definition) is 0. The SMILES string of the molecule is CC1CCN(S(=O)(=O)c2cccn(CC(=O)N3CCCC[C@@H]3C)c2=O)CC1. The topological polar surface area (TPSA) is 79.7 Å². The molecule has 150 valence electrons. The third kappa shape index (κ3) is 4.27. The summed E-state index contributed by atoms with van der Waals surface area (Å²) in [6.07, 6.45) is 6.12. The van der Waals surface area contributed by atoms with E-state index in [9.17, 15) is 18.0 Å². The molecule has 0 radical (unpaired) electrons. The highest BCUT2D eigenvalue weighted by Gasteiger charge is 2.31. The molecule has 1 aromatic heterocycles. The zero-order valence-corrected chi connectivity index (χ0v) is 17.0. The van der Waals surface area contributed by atoms with Crippen LogP contribution in [0.15, 0.2) is 28.0 Å². The zero-order valence-electron chi connectivity index (χ0n) is 16.1. The fourth-order valence-corrected chi connectivity index (χ4v) is 5.46. The Morgan fingerprint density at radius 1 is 1.11 bits per heavy atom. The predicted octanol–water partition coefficient (Wildman–Crippen LogP) is 1.67. The van der Waals surface area contributed by atoms with Gasteiger partial charge in [-0.15, -0.1) is 0 Å². The number of nitrogens with zero attached hydrogens (tertiary/aromatic N) is 3. The third-order valence-electron chi connectivity index (χ3n) is 5.77. The van der Waals surface area contributed by atoms with E-state index in [0.29, 0.717) is 25.6 Å². The Hall–Kier alpha value is -1.67. The van der Waals surface area contributed by atoms with Gasteiger partial charge in [-0.2, -0.15) is 4.31 Å². The van der Waals surface area contributed by atoms with Crippen molar-refractivity contribution >= 4 is 15.9 Å². The van der Waals surface area contributed by atoms with Crippen LogP contribution in [0.1, 0.15) is 46.0 Å². The largest absolute Gasteiger partial charge is 0.338 e. The molecule has 27 heavy (non-hydrogen) atoms. The number of rotatable bonds is 4. The Labute approximate surface area is 161 Å². The van der Waals surface area contributed by atoms with Gasteiger partial charge in [0.05, 0.1) is 0 Å². The number of carbonyl (C=O) groups excluding carboxylic acids is 1. The van der Waals surface area contributed by atoms with Gasteiger partial charge < -0.3 is 9.47 Å². The van der Waals surface area contributed by atoms with Gasteiger partial charge in [-0.25, -0.2) is 8.42 Å². The molecule has 8 heteroatoms. The summed E-state index contributed by atoms with van der Waals surface area (Å²) in [5.41, 5.74) is -0.617. The Morgan fingerprint density at radius 2 is 1.81 bits per heavy atom. The van der Waals surface area contributed by atoms with E-state index in [4.69, 9.17) is 0 Å². The van der Waals surface area contributed by atoms with Crippen molar-refractivity contribution in [1.82, 2.24) is 13.8 Å². The van der Waals surface area contributed by atoms with Crippen LogP contribution in [0.2, 0.25) is 0 Å². The average molecular weight is 396 g/mol. The highest BCUT2D eigenvalue weighted by atomic mass is 32.2. The van der Waals surface area contributed by atoms with Crippen LogP contribution in [-0.4, -0.2) is 53.8 Å². The summed E-state index contributed by atoms with van der Waals surface area (Å²) in [5, 5.41) is 0. The molecule has 2 aliphatic rings. The second-order valence-electron chi connectivity index (χ2n) is 7.82. The van der Waals surface area contributed by atoms with Crippen LogP contribution in [0, 0.1) is 5.92 Å². The van der Waals surface area contributed by atoms with Crippen LogP contribution in [0.25, 0.3) is 0 Å². The molecule has 1 aromatic rings. The van der Waals surface area contributed by atoms with Gasteiger partial charge in [0.15, 0.2) is 0 Å². The fourth-order valence-electron chi connectivity index (χ4n) is 3.91. The summed E-state index contributed by atoms with van der Waals surface area (Å²) in [6, 6.07) is 3.04. The van der Waals surface area contributed by atoms with Crippen LogP contribution >= 0.6 is 0 Å². The molecule has 0 aromatic carbocycles. The second kappa shape index (κ2) is 8.14. The predicted molar refractivity (Wildman–Crippen MR) is 103 cm³/mol. The zero-order chi connectivity index (χ0) is 19.6. The van der Waals surface area contributed by atoms with Crippen molar-refractivity contribution in [2.45, 2.75) is 63.4 Å². The van der Waals surface area contributed by atoms with Crippen molar-refractivity contribution in [2.24, 2.45) is 5.92 Å². The number of piperidine rings is 2. The van der Waals surface area contributed by atoms with Gasteiger partial charge in [0, 0.05) is 31.9 Å². The molecule has 2 aliphatic heterocycles. The second-order valence-corrected chi connectivity index (χ2v) is 9.73. The van der Waals surface area contributed by atoms with Crippen molar-refractivity contribution < 1.29 is 13.2 Å². The Morgan fingerprint density at radius 3 is 2.48 bits per heavy atom. The van der Waals surface area contributed by atoms with Crippen molar-refractivity contribution in [3.05, 3.63) is 28.7 Å². The molecule has 3 rings (SSSR count). The van der Waals surface area contributed by atoms with Gasteiger partial charge in [0.25, 0.3) is 5.56 Å². The number of hydrogen-bond acceptors (Lipinski definition) is 4. The van der Waals surface area contributed by atoms with E-state index < -0.39 is 15.6 Å². The number of pyridine rings is 1. The Bertz CT molecular complexity index is 841. The molecule has 2 fully saturated rings. The highest BCUT2D eigenvalue weighted by Crippen LogP contribution is 2.22. The first-order valence-corrected chi connectivity index (χ1v) is 11.2. The van der Waals surface area contributed by atoms with Crippen LogP contribution in [0.4, 0.5) is 0 Å². The molecule has 0 saturated carbocycles. The van der Waals surface area contributed by atoms with Crippen molar-refractivity contribution in [1.29, 1.82) is 0 Å². The van der Waals surface area contributed by atoms with Crippen molar-refractivity contribution in [3.8, 4) is 0 Å². The van der Waals surface area contributed by atoms with E-state index in [1.807, 2.05) is 6.92 Å². The Balaban J connectivity index is 1.81. The number of carbonyl (C=O) groups is 1. The molecule has 7 nitrogen and oxygen atoms in total. The number of aromatic nitrogens is 1. The Kier molecular flexibility index (Phi) is 6.05. The maximum atomic E-state index is 12.9. The summed E-state index contributed by atoms with van der Waals surface area (Å²) in [7, 11) is -3.83. The summed E-state index contributed by atoms with van der Waals surface area (Å²) in [4.78, 5) is 27.0. The van der Waals surface area contributed by atoms with Gasteiger partial charge in [0.1, 0.15) is 11.4 Å². The van der Waals surface area contributed by atoms with Crippen LogP contribution in [0.3, 0.4) is 0 Å². The van der Waals surface area contributed by atoms with Crippen molar-refractivity contribution in [3.63, 3.8) is 0 Å². The standard InChI is InChI=1S/C19H29N3O4S/c1-15-8-12-21(13-9-15)27(25,26)17-7-5-10-20(19(17)24)14-18(23)22-11-4-3-6-16(22)2/h5,7,10,15-16H,3-4,6,8-9,11-14H2,1-2H3/t16-/m0/s1. The molecule has 1 atom stereocenters. The minimum absolute atomic E-state index is 0.121. The average Bonchev–Trinajstić information content (AvgIpc) is 2.64. The van der Waals surface area contributed by atoms with Gasteiger partial charge in [0.2, 0.25) is 15.9 Å². The lowest BCUT2D eigenvalue weighted by atomic mass is 10.0. The smallest absolute Gasteiger partial charge is 0.271 e. The first-order chi connectivity index (χ1) is 12.8. The third-order valence-corrected chi connectivity index (χ3v) is 7.69. The number of amides is 1. The summed E-state index contributed by atoms with van der Waals surface area (Å²) in [5.74, 6) is 0.360. The maximum Gasteiger partial charge on any atom is 0.271 e. The molecule has 3 heterocycles. The molecule has 0 unspecified atom stereocenters. The summed E-state index contributed by atoms with van der Waals surface area (Å²) >= 11 is 0. The molecule has 0 N–H and O–H groups in total. The molecule has 2 saturated heterocycles. The number of likely N-dealkylation sites (tertiary alicyclic amines) is 1. The molecule has 0 aliphatic carbocycles. The highest BCUT2D eigenvalue weighted by molar-refractivity contribution is 7.89. The molecule has 0 spiro atoms. The first kappa shape index (κ1) is 20.1. The van der Waals surface area contributed by atoms with E-state index in [2.05, 4.69) is 6.92 Å². The fraction of sp³-hybridized carbons (Fsp3) is 0.684. The molecule has 0 bridgehead atoms. The van der Waals surface area contributed by atoms with E-state index in [-0.39, 0.29) is 23.4 Å². The lowest BCUT2D eigenvalue weighted by molar-refractivity contribution is -0.135. The molecule has 1 amide bonds. The summed E-state index contributed by atoms with van der Waals surface area (Å²) in [6.45, 7) is 5.55. The van der Waals surface area contributed by atoms with E-state index in [1.54, 1.807) is 4.90 Å². The van der Waals surface area contributed by atoms with Crippen molar-refractivity contribution in [2.75, 3.05) is 19.6 Å². The summed E-state index contributed by atoms with van der Waals surface area (Å²) < 4.78 is 28.5.